The molecule has 0 radical (unpaired) electrons. The summed E-state index contributed by atoms with van der Waals surface area (Å²) in [5, 5.41) is 30.3. The molecule has 0 saturated carbocycles. The van der Waals surface area contributed by atoms with E-state index in [4.69, 9.17) is 9.47 Å². The molecule has 6 heteroatoms. The van der Waals surface area contributed by atoms with Crippen LogP contribution >= 0.6 is 0 Å². The lowest BCUT2D eigenvalue weighted by atomic mass is 9.82. The number of aryl methyl sites for hydroxylation is 1. The fraction of sp³-hybridized carbons (Fsp3) is 0.240. The number of carbonyl (C=O) groups excluding carboxylic acids is 1. The number of fused-ring (bicyclic) bond motifs is 4. The first-order valence-electron chi connectivity index (χ1n) is 10.1. The Balaban J connectivity index is 1.64. The summed E-state index contributed by atoms with van der Waals surface area (Å²) in [7, 11) is 0. The van der Waals surface area contributed by atoms with E-state index in [1.165, 1.54) is 12.1 Å². The van der Waals surface area contributed by atoms with Crippen molar-refractivity contribution >= 4 is 5.78 Å². The van der Waals surface area contributed by atoms with Crippen molar-refractivity contribution in [3.8, 4) is 39.9 Å². The molecule has 0 amide bonds. The Kier molecular flexibility index (Phi) is 3.99. The van der Waals surface area contributed by atoms with Crippen LogP contribution in [0.5, 0.6) is 28.7 Å². The number of hydrogen-bond acceptors (Lipinski definition) is 6. The van der Waals surface area contributed by atoms with E-state index < -0.39 is 17.3 Å². The molecule has 3 N–H and O–H groups in total. The zero-order valence-electron chi connectivity index (χ0n) is 17.4. The first kappa shape index (κ1) is 19.3. The van der Waals surface area contributed by atoms with E-state index in [2.05, 4.69) is 6.07 Å². The van der Waals surface area contributed by atoms with Crippen molar-refractivity contribution in [2.75, 3.05) is 6.61 Å². The van der Waals surface area contributed by atoms with Gasteiger partial charge >= 0.3 is 0 Å². The summed E-state index contributed by atoms with van der Waals surface area (Å²) in [6.07, 6.45) is 0. The van der Waals surface area contributed by atoms with Gasteiger partial charge in [0, 0.05) is 28.8 Å². The van der Waals surface area contributed by atoms with Gasteiger partial charge < -0.3 is 24.8 Å². The van der Waals surface area contributed by atoms with Gasteiger partial charge in [-0.25, -0.2) is 0 Å². The Morgan fingerprint density at radius 2 is 1.58 bits per heavy atom. The number of rotatable bonds is 1. The van der Waals surface area contributed by atoms with Gasteiger partial charge in [0.2, 0.25) is 0 Å². The lowest BCUT2D eigenvalue weighted by Gasteiger charge is -2.36. The van der Waals surface area contributed by atoms with Crippen molar-refractivity contribution in [1.29, 1.82) is 0 Å². The summed E-state index contributed by atoms with van der Waals surface area (Å²) in [4.78, 5) is 13.2. The molecule has 1 atom stereocenters. The number of hydrogen-bond donors (Lipinski definition) is 3. The summed E-state index contributed by atoms with van der Waals surface area (Å²) >= 11 is 0. The second-order valence-electron chi connectivity index (χ2n) is 8.63. The minimum atomic E-state index is -0.759. The molecule has 158 valence electrons. The van der Waals surface area contributed by atoms with E-state index in [1.807, 2.05) is 32.9 Å². The first-order valence-corrected chi connectivity index (χ1v) is 10.1. The van der Waals surface area contributed by atoms with E-state index in [-0.39, 0.29) is 35.2 Å². The van der Waals surface area contributed by atoms with Crippen molar-refractivity contribution in [2.24, 2.45) is 0 Å². The third kappa shape index (κ3) is 2.90. The normalized spacial score (nSPS) is 18.3. The third-order valence-electron chi connectivity index (χ3n) is 6.05. The molecule has 0 aliphatic carbocycles. The molecule has 3 aromatic rings. The van der Waals surface area contributed by atoms with Crippen LogP contribution in [0.25, 0.3) is 11.1 Å². The standard InChI is InChI=1S/C25H22O6/c1-12-4-5-18-13(6-12)15-7-14(19(26)9-23(15)31-25(18,2)3)17-11-30-22-10-21(28)20(27)8-16(22)24(17)29/h4-10,17,26-28H,11H2,1-3H3. The van der Waals surface area contributed by atoms with Crippen LogP contribution in [0.4, 0.5) is 0 Å². The maximum atomic E-state index is 13.2. The highest BCUT2D eigenvalue weighted by Gasteiger charge is 2.37. The van der Waals surface area contributed by atoms with Crippen molar-refractivity contribution < 1.29 is 29.6 Å². The highest BCUT2D eigenvalue weighted by atomic mass is 16.5. The van der Waals surface area contributed by atoms with Crippen molar-refractivity contribution in [3.63, 3.8) is 0 Å². The average molecular weight is 418 g/mol. The van der Waals surface area contributed by atoms with Gasteiger partial charge in [0.15, 0.2) is 17.3 Å². The molecular weight excluding hydrogens is 396 g/mol. The molecule has 0 aromatic heterocycles. The van der Waals surface area contributed by atoms with Gasteiger partial charge in [-0.2, -0.15) is 0 Å². The molecule has 0 fully saturated rings. The quantitative estimate of drug-likeness (QED) is 0.493. The second kappa shape index (κ2) is 6.41. The summed E-state index contributed by atoms with van der Waals surface area (Å²) in [5.41, 5.74) is 3.96. The number of benzene rings is 3. The van der Waals surface area contributed by atoms with Crippen LogP contribution in [0.2, 0.25) is 0 Å². The minimum absolute atomic E-state index is 0.00935. The molecule has 0 bridgehead atoms. The average Bonchev–Trinajstić information content (AvgIpc) is 2.69. The fourth-order valence-electron chi connectivity index (χ4n) is 4.43. The Morgan fingerprint density at radius 3 is 2.35 bits per heavy atom. The molecule has 0 spiro atoms. The topological polar surface area (TPSA) is 96.2 Å². The first-order chi connectivity index (χ1) is 14.7. The Hall–Kier alpha value is -3.67. The van der Waals surface area contributed by atoms with Gasteiger partial charge in [0.1, 0.15) is 29.5 Å². The zero-order chi connectivity index (χ0) is 22.1. The zero-order valence-corrected chi connectivity index (χ0v) is 17.4. The van der Waals surface area contributed by atoms with Gasteiger partial charge in [0.05, 0.1) is 11.5 Å². The fourth-order valence-corrected chi connectivity index (χ4v) is 4.43. The Bertz CT molecular complexity index is 1260. The number of aromatic hydroxyl groups is 3. The Morgan fingerprint density at radius 1 is 0.871 bits per heavy atom. The molecule has 6 nitrogen and oxygen atoms in total. The van der Waals surface area contributed by atoms with Gasteiger partial charge in [0.25, 0.3) is 0 Å². The van der Waals surface area contributed by atoms with Crippen molar-refractivity contribution in [1.82, 2.24) is 0 Å². The number of ether oxygens (including phenoxy) is 2. The minimum Gasteiger partial charge on any atom is -0.508 e. The molecular formula is C25H22O6. The highest BCUT2D eigenvalue weighted by molar-refractivity contribution is 6.05. The van der Waals surface area contributed by atoms with Crippen molar-refractivity contribution in [2.45, 2.75) is 32.3 Å². The molecule has 1 unspecified atom stereocenters. The van der Waals surface area contributed by atoms with E-state index in [0.29, 0.717) is 11.3 Å². The molecule has 2 heterocycles. The van der Waals surface area contributed by atoms with Gasteiger partial charge in [-0.1, -0.05) is 23.8 Å². The van der Waals surface area contributed by atoms with E-state index in [0.717, 1.165) is 22.3 Å². The van der Waals surface area contributed by atoms with Crippen LogP contribution in [-0.2, 0) is 5.60 Å². The largest absolute Gasteiger partial charge is 0.508 e. The van der Waals surface area contributed by atoms with Crippen molar-refractivity contribution in [3.05, 3.63) is 64.7 Å². The van der Waals surface area contributed by atoms with Crippen LogP contribution in [0.15, 0.2) is 42.5 Å². The number of Topliss-reactive ketones (excluding diaryl/α,β-unsaturated/α-hetero) is 1. The predicted octanol–water partition coefficient (Wildman–Crippen LogP) is 4.77. The third-order valence-corrected chi connectivity index (χ3v) is 6.05. The highest BCUT2D eigenvalue weighted by Crippen LogP contribution is 2.49. The number of ketones is 1. The number of phenolic OH excluding ortho intramolecular Hbond substituents is 3. The molecule has 0 saturated heterocycles. The second-order valence-corrected chi connectivity index (χ2v) is 8.63. The molecule has 2 aliphatic heterocycles. The van der Waals surface area contributed by atoms with Crippen LogP contribution < -0.4 is 9.47 Å². The molecule has 5 rings (SSSR count). The van der Waals surface area contributed by atoms with Crippen LogP contribution in [0.1, 0.15) is 46.8 Å². The van der Waals surface area contributed by atoms with E-state index >= 15 is 0 Å². The lowest BCUT2D eigenvalue weighted by Crippen LogP contribution is -2.30. The van der Waals surface area contributed by atoms with Gasteiger partial charge in [-0.3, -0.25) is 4.79 Å². The van der Waals surface area contributed by atoms with E-state index in [9.17, 15) is 20.1 Å². The smallest absolute Gasteiger partial charge is 0.177 e. The van der Waals surface area contributed by atoms with Crippen LogP contribution in [-0.4, -0.2) is 27.7 Å². The summed E-state index contributed by atoms with van der Waals surface area (Å²) < 4.78 is 11.9. The lowest BCUT2D eigenvalue weighted by molar-refractivity contribution is 0.0891. The monoisotopic (exact) mass is 418 g/mol. The van der Waals surface area contributed by atoms with E-state index in [1.54, 1.807) is 12.1 Å². The van der Waals surface area contributed by atoms with Crippen LogP contribution in [0, 0.1) is 6.92 Å². The van der Waals surface area contributed by atoms with Gasteiger partial charge in [-0.05, 0) is 38.5 Å². The number of carbonyl (C=O) groups is 1. The predicted molar refractivity (Wildman–Crippen MR) is 114 cm³/mol. The maximum Gasteiger partial charge on any atom is 0.177 e. The maximum absolute atomic E-state index is 13.2. The summed E-state index contributed by atoms with van der Waals surface area (Å²) in [6, 6.07) is 11.9. The van der Waals surface area contributed by atoms with Gasteiger partial charge in [-0.15, -0.1) is 0 Å². The number of phenols is 3. The molecule has 31 heavy (non-hydrogen) atoms. The molecule has 2 aliphatic rings. The summed E-state index contributed by atoms with van der Waals surface area (Å²) in [6.45, 7) is 5.98. The summed E-state index contributed by atoms with van der Waals surface area (Å²) in [5.74, 6) is -1.10. The molecule has 3 aromatic carbocycles. The Labute approximate surface area is 179 Å². The van der Waals surface area contributed by atoms with Crippen LogP contribution in [0.3, 0.4) is 0 Å². The SMILES string of the molecule is Cc1ccc2c(c1)-c1cc(C3COc4cc(O)c(O)cc4C3=O)c(O)cc1OC2(C)C.